The van der Waals surface area contributed by atoms with E-state index < -0.39 is 10.0 Å². The number of nitrogens with one attached hydrogen (secondary N) is 2. The average Bonchev–Trinajstić information content (AvgIpc) is 3.26. The van der Waals surface area contributed by atoms with Gasteiger partial charge in [0.2, 0.25) is 5.91 Å². The van der Waals surface area contributed by atoms with Gasteiger partial charge in [0.05, 0.1) is 16.5 Å². The predicted molar refractivity (Wildman–Crippen MR) is 129 cm³/mol. The summed E-state index contributed by atoms with van der Waals surface area (Å²) in [4.78, 5) is 29.4. The van der Waals surface area contributed by atoms with Gasteiger partial charge in [-0.1, -0.05) is 20.8 Å². The van der Waals surface area contributed by atoms with Crippen LogP contribution in [0.1, 0.15) is 57.0 Å². The molecule has 1 aromatic heterocycles. The number of nitrogens with zero attached hydrogens (tertiary/aromatic N) is 1. The highest BCUT2D eigenvalue weighted by molar-refractivity contribution is 7.93. The molecule has 0 bridgehead atoms. The zero-order valence-electron chi connectivity index (χ0n) is 19.6. The van der Waals surface area contributed by atoms with Crippen LogP contribution in [0.2, 0.25) is 0 Å². The second-order valence-electron chi connectivity index (χ2n) is 10.2. The van der Waals surface area contributed by atoms with E-state index in [1.807, 2.05) is 6.92 Å². The quantitative estimate of drug-likeness (QED) is 0.606. The zero-order chi connectivity index (χ0) is 24.4. The zero-order valence-corrected chi connectivity index (χ0v) is 21.3. The molecule has 0 unspecified atom stereocenters. The molecule has 2 aromatic rings. The van der Waals surface area contributed by atoms with E-state index in [1.54, 1.807) is 12.1 Å². The number of aromatic nitrogens is 1. The minimum absolute atomic E-state index is 0.0137. The highest BCUT2D eigenvalue weighted by Crippen LogP contribution is 2.59. The molecule has 1 aromatic carbocycles. The van der Waals surface area contributed by atoms with Gasteiger partial charge in [-0.2, -0.15) is 0 Å². The molecule has 0 spiro atoms. The van der Waals surface area contributed by atoms with Crippen molar-refractivity contribution in [1.82, 2.24) is 4.98 Å². The van der Waals surface area contributed by atoms with E-state index >= 15 is 0 Å². The van der Waals surface area contributed by atoms with E-state index in [4.69, 9.17) is 9.72 Å². The van der Waals surface area contributed by atoms with Crippen molar-refractivity contribution in [3.63, 3.8) is 0 Å². The SMILES string of the molecule is CC(=O)Nc1ccc(S(=O)(=O)Nc2nc3c(s2)C[C@]2(C)CC[C@@H]4[C@H](OC(=O)[C@H]4C)[C@H]2[C@@H]3C)cc1. The summed E-state index contributed by atoms with van der Waals surface area (Å²) in [6.07, 6.45) is 2.69. The Balaban J connectivity index is 1.40. The van der Waals surface area contributed by atoms with E-state index in [-0.39, 0.29) is 52.0 Å². The fraction of sp³-hybridized carbons (Fsp3) is 0.542. The van der Waals surface area contributed by atoms with Crippen molar-refractivity contribution in [3.8, 4) is 0 Å². The Labute approximate surface area is 203 Å². The molecular weight excluding hydrogens is 474 g/mol. The maximum absolute atomic E-state index is 13.0. The maximum Gasteiger partial charge on any atom is 0.309 e. The second-order valence-corrected chi connectivity index (χ2v) is 12.9. The molecule has 6 atom stereocenters. The van der Waals surface area contributed by atoms with Crippen molar-refractivity contribution in [2.45, 2.75) is 63.9 Å². The largest absolute Gasteiger partial charge is 0.461 e. The normalized spacial score (nSPS) is 32.2. The summed E-state index contributed by atoms with van der Waals surface area (Å²) in [7, 11) is -3.83. The molecular formula is C24H29N3O5S2. The lowest BCUT2D eigenvalue weighted by Gasteiger charge is -2.51. The van der Waals surface area contributed by atoms with Gasteiger partial charge >= 0.3 is 5.97 Å². The van der Waals surface area contributed by atoms with E-state index in [2.05, 4.69) is 23.9 Å². The van der Waals surface area contributed by atoms with Crippen LogP contribution in [0, 0.1) is 23.2 Å². The summed E-state index contributed by atoms with van der Waals surface area (Å²) in [6.45, 7) is 7.75. The lowest BCUT2D eigenvalue weighted by molar-refractivity contribution is -0.149. The van der Waals surface area contributed by atoms with Gasteiger partial charge in [-0.05, 0) is 48.9 Å². The third-order valence-corrected chi connectivity index (χ3v) is 10.3. The second kappa shape index (κ2) is 8.05. The summed E-state index contributed by atoms with van der Waals surface area (Å²) in [5.41, 5.74) is 1.42. The van der Waals surface area contributed by atoms with E-state index in [9.17, 15) is 18.0 Å². The maximum atomic E-state index is 13.0. The number of hydrogen-bond donors (Lipinski definition) is 2. The number of hydrogen-bond acceptors (Lipinski definition) is 7. The van der Waals surface area contributed by atoms with Crippen LogP contribution in [0.25, 0.3) is 0 Å². The third kappa shape index (κ3) is 3.80. The Morgan fingerprint density at radius 2 is 1.91 bits per heavy atom. The molecule has 34 heavy (non-hydrogen) atoms. The number of esters is 1. The van der Waals surface area contributed by atoms with Gasteiger partial charge < -0.3 is 10.1 Å². The van der Waals surface area contributed by atoms with Crippen molar-refractivity contribution >= 4 is 44.1 Å². The molecule has 1 saturated carbocycles. The first-order valence-corrected chi connectivity index (χ1v) is 13.9. The van der Waals surface area contributed by atoms with Gasteiger partial charge in [0, 0.05) is 35.2 Å². The number of rotatable bonds is 4. The number of ether oxygens (including phenoxy) is 1. The monoisotopic (exact) mass is 503 g/mol. The topological polar surface area (TPSA) is 114 Å². The van der Waals surface area contributed by atoms with Gasteiger partial charge in [0.15, 0.2) is 5.13 Å². The Hall–Kier alpha value is -2.46. The highest BCUT2D eigenvalue weighted by Gasteiger charge is 2.58. The number of thiazole rings is 1. The minimum Gasteiger partial charge on any atom is -0.461 e. The summed E-state index contributed by atoms with van der Waals surface area (Å²) < 4.78 is 34.5. The van der Waals surface area contributed by atoms with Crippen molar-refractivity contribution < 1.29 is 22.7 Å². The smallest absolute Gasteiger partial charge is 0.309 e. The van der Waals surface area contributed by atoms with Gasteiger partial charge in [-0.25, -0.2) is 13.4 Å². The summed E-state index contributed by atoms with van der Waals surface area (Å²) in [6, 6.07) is 6.01. The van der Waals surface area contributed by atoms with Crippen LogP contribution in [0.15, 0.2) is 29.2 Å². The molecule has 1 aliphatic heterocycles. The molecule has 2 aliphatic carbocycles. The van der Waals surface area contributed by atoms with Crippen molar-refractivity contribution in [2.24, 2.45) is 23.2 Å². The van der Waals surface area contributed by atoms with Crippen molar-refractivity contribution in [2.75, 3.05) is 10.0 Å². The highest BCUT2D eigenvalue weighted by atomic mass is 32.2. The molecule has 1 saturated heterocycles. The summed E-state index contributed by atoms with van der Waals surface area (Å²) in [5, 5.41) is 2.97. The number of carbonyl (C=O) groups excluding carboxylic acids is 2. The van der Waals surface area contributed by atoms with Gasteiger partial charge in [-0.15, -0.1) is 11.3 Å². The van der Waals surface area contributed by atoms with Crippen LogP contribution in [0.4, 0.5) is 10.8 Å². The van der Waals surface area contributed by atoms with Gasteiger partial charge in [0.25, 0.3) is 10.0 Å². The molecule has 0 radical (unpaired) electrons. The Morgan fingerprint density at radius 1 is 1.21 bits per heavy atom. The van der Waals surface area contributed by atoms with E-state index in [0.29, 0.717) is 10.8 Å². The van der Waals surface area contributed by atoms with Crippen LogP contribution >= 0.6 is 11.3 Å². The first-order valence-electron chi connectivity index (χ1n) is 11.6. The number of amides is 1. The van der Waals surface area contributed by atoms with Gasteiger partial charge in [0.1, 0.15) is 6.10 Å². The molecule has 10 heteroatoms. The fourth-order valence-electron chi connectivity index (χ4n) is 6.22. The molecule has 182 valence electrons. The molecule has 8 nitrogen and oxygen atoms in total. The standard InChI is InChI=1S/C24H29N3O5S2/c1-12-17-9-10-24(4)11-18-20(13(2)19(24)21(17)32-22(12)29)26-23(33-18)27-34(30,31)16-7-5-15(6-8-16)25-14(3)28/h5-8,12-13,17,19,21H,9-11H2,1-4H3,(H,25,28)(H,26,27)/t12-,13-,17-,19+,21-,24-/m0/s1. The lowest BCUT2D eigenvalue weighted by Crippen LogP contribution is -2.50. The van der Waals surface area contributed by atoms with Crippen LogP contribution in [0.5, 0.6) is 0 Å². The van der Waals surface area contributed by atoms with Crippen molar-refractivity contribution in [1.29, 1.82) is 0 Å². The molecule has 2 N–H and O–H groups in total. The predicted octanol–water partition coefficient (Wildman–Crippen LogP) is 4.16. The van der Waals surface area contributed by atoms with Crippen LogP contribution < -0.4 is 10.0 Å². The first kappa shape index (κ1) is 23.3. The first-order chi connectivity index (χ1) is 16.0. The summed E-state index contributed by atoms with van der Waals surface area (Å²) >= 11 is 1.39. The number of benzene rings is 1. The van der Waals surface area contributed by atoms with E-state index in [0.717, 1.165) is 29.8 Å². The minimum atomic E-state index is -3.83. The lowest BCUT2D eigenvalue weighted by atomic mass is 9.54. The number of fused-ring (bicyclic) bond motifs is 4. The molecule has 2 fully saturated rings. The Kier molecular flexibility index (Phi) is 5.51. The van der Waals surface area contributed by atoms with Crippen LogP contribution in [-0.4, -0.2) is 31.4 Å². The van der Waals surface area contributed by atoms with Crippen molar-refractivity contribution in [3.05, 3.63) is 34.8 Å². The average molecular weight is 504 g/mol. The third-order valence-electron chi connectivity index (χ3n) is 7.86. The van der Waals surface area contributed by atoms with Crippen LogP contribution in [-0.2, 0) is 30.8 Å². The summed E-state index contributed by atoms with van der Waals surface area (Å²) in [5.74, 6) is 0.0726. The molecule has 1 amide bonds. The Morgan fingerprint density at radius 3 is 2.59 bits per heavy atom. The van der Waals surface area contributed by atoms with E-state index in [1.165, 1.54) is 30.4 Å². The fourth-order valence-corrected chi connectivity index (χ4v) is 8.72. The number of sulfonamides is 1. The molecule has 5 rings (SSSR count). The van der Waals surface area contributed by atoms with Gasteiger partial charge in [-0.3, -0.25) is 14.3 Å². The Bertz CT molecular complexity index is 1260. The number of anilines is 2. The number of carbonyl (C=O) groups is 2. The van der Waals surface area contributed by atoms with Crippen LogP contribution in [0.3, 0.4) is 0 Å². The molecule has 2 heterocycles. The molecule has 3 aliphatic rings.